The number of hydrogen-bond donors (Lipinski definition) is 9. The monoisotopic (exact) mass is 784 g/mol. The molecular weight excluding hydrogens is 716 g/mol. The zero-order valence-electron chi connectivity index (χ0n) is 33.4. The molecule has 4 aliphatic carbocycles. The Morgan fingerprint density at radius 2 is 1.47 bits per heavy atom. The molecule has 14 nitrogen and oxygen atoms in total. The van der Waals surface area contributed by atoms with Crippen LogP contribution in [0.5, 0.6) is 0 Å². The zero-order valence-corrected chi connectivity index (χ0v) is 33.4. The van der Waals surface area contributed by atoms with Crippen molar-refractivity contribution in [2.24, 2.45) is 52.3 Å². The molecule has 0 aromatic carbocycles. The maximum absolute atomic E-state index is 12.8. The Kier molecular flexibility index (Phi) is 13.1. The summed E-state index contributed by atoms with van der Waals surface area (Å²) in [6.07, 6.45) is -4.09. The molecule has 5 fully saturated rings. The Balaban J connectivity index is 1.16. The quantitative estimate of drug-likeness (QED) is 0.131. The van der Waals surface area contributed by atoms with Gasteiger partial charge in [0.05, 0.1) is 49.8 Å². The van der Waals surface area contributed by atoms with Gasteiger partial charge in [0.2, 0.25) is 0 Å². The predicted octanol–water partition coefficient (Wildman–Crippen LogP) is 0.627. The molecule has 21 atom stereocenters. The second-order valence-electron chi connectivity index (χ2n) is 18.6. The third-order valence-electron chi connectivity index (χ3n) is 14.9. The SMILES string of the molecule is CO[C@H]1[C@H](O[C@@H]2C=C3[C@H](O)C[C@]4(O)C(CC[C@@]5(C)C4[C@@H](O)[C@H](O)[C@@H]5[C@H](C)/C=C/[C@@H](C(C)C)[C@H](C)CO[C@@H]4OC[C@@H](O)[C@H](O)[C@H]4O)[C@@]3(C)CC2)OC[C@@H](O)[C@@H]1O. The van der Waals surface area contributed by atoms with Gasteiger partial charge in [-0.3, -0.25) is 0 Å². The van der Waals surface area contributed by atoms with Crippen molar-refractivity contribution in [2.45, 2.75) is 153 Å². The molecule has 9 N–H and O–H groups in total. The van der Waals surface area contributed by atoms with Gasteiger partial charge in [0.25, 0.3) is 0 Å². The lowest BCUT2D eigenvalue weighted by atomic mass is 9.43. The Hall–Kier alpha value is -1.08. The molecule has 0 spiro atoms. The highest BCUT2D eigenvalue weighted by Gasteiger charge is 2.72. The second-order valence-corrected chi connectivity index (χ2v) is 18.6. The molecule has 55 heavy (non-hydrogen) atoms. The number of aliphatic hydroxyl groups is 9. The Morgan fingerprint density at radius 3 is 2.13 bits per heavy atom. The van der Waals surface area contributed by atoms with Gasteiger partial charge >= 0.3 is 0 Å². The molecule has 0 amide bonds. The van der Waals surface area contributed by atoms with Crippen LogP contribution < -0.4 is 0 Å². The predicted molar refractivity (Wildman–Crippen MR) is 198 cm³/mol. The molecule has 2 unspecified atom stereocenters. The third-order valence-corrected chi connectivity index (χ3v) is 14.9. The van der Waals surface area contributed by atoms with E-state index in [-0.39, 0.29) is 61.7 Å². The number of ether oxygens (including phenoxy) is 5. The highest BCUT2D eigenvalue weighted by Crippen LogP contribution is 2.69. The Labute approximate surface area is 325 Å². The molecule has 2 aliphatic heterocycles. The van der Waals surface area contributed by atoms with E-state index in [4.69, 9.17) is 23.7 Å². The van der Waals surface area contributed by atoms with Crippen molar-refractivity contribution < 1.29 is 69.6 Å². The van der Waals surface area contributed by atoms with E-state index in [1.165, 1.54) is 7.11 Å². The van der Waals surface area contributed by atoms with Crippen molar-refractivity contribution in [3.8, 4) is 0 Å². The summed E-state index contributed by atoms with van der Waals surface area (Å²) in [6.45, 7) is 12.5. The number of methoxy groups -OCH3 is 1. The van der Waals surface area contributed by atoms with E-state index in [2.05, 4.69) is 39.8 Å². The van der Waals surface area contributed by atoms with E-state index in [1.54, 1.807) is 0 Å². The average molecular weight is 785 g/mol. The van der Waals surface area contributed by atoms with E-state index in [9.17, 15) is 46.0 Å². The summed E-state index contributed by atoms with van der Waals surface area (Å²) >= 11 is 0. The zero-order chi connectivity index (χ0) is 40.4. The van der Waals surface area contributed by atoms with Crippen LogP contribution in [-0.4, -0.2) is 152 Å². The summed E-state index contributed by atoms with van der Waals surface area (Å²) in [5, 5.41) is 99.0. The molecule has 0 aromatic heterocycles. The van der Waals surface area contributed by atoms with Gasteiger partial charge in [-0.2, -0.15) is 0 Å². The van der Waals surface area contributed by atoms with Gasteiger partial charge in [-0.25, -0.2) is 0 Å². The molecule has 2 saturated heterocycles. The van der Waals surface area contributed by atoms with Crippen LogP contribution in [0.1, 0.15) is 73.6 Å². The normalized spacial score (nSPS) is 50.6. The first-order valence-corrected chi connectivity index (χ1v) is 20.4. The maximum Gasteiger partial charge on any atom is 0.187 e. The fourth-order valence-corrected chi connectivity index (χ4v) is 12.1. The number of allylic oxidation sites excluding steroid dienone is 2. The van der Waals surface area contributed by atoms with Crippen LogP contribution in [0.25, 0.3) is 0 Å². The van der Waals surface area contributed by atoms with Gasteiger partial charge in [-0.05, 0) is 77.6 Å². The van der Waals surface area contributed by atoms with Crippen LogP contribution in [-0.2, 0) is 23.7 Å². The lowest BCUT2D eigenvalue weighted by Gasteiger charge is -2.63. The van der Waals surface area contributed by atoms with Crippen LogP contribution in [0, 0.1) is 52.3 Å². The summed E-state index contributed by atoms with van der Waals surface area (Å²) < 4.78 is 28.6. The average Bonchev–Trinajstić information content (AvgIpc) is 3.33. The van der Waals surface area contributed by atoms with Gasteiger partial charge in [-0.1, -0.05) is 59.8 Å². The maximum atomic E-state index is 12.8. The number of aliphatic hydroxyl groups excluding tert-OH is 8. The molecule has 6 rings (SSSR count). The van der Waals surface area contributed by atoms with Crippen molar-refractivity contribution in [3.63, 3.8) is 0 Å². The number of hydrogen-bond acceptors (Lipinski definition) is 14. The second kappa shape index (κ2) is 16.5. The molecule has 0 aromatic rings. The van der Waals surface area contributed by atoms with Crippen molar-refractivity contribution in [1.82, 2.24) is 0 Å². The summed E-state index contributed by atoms with van der Waals surface area (Å²) in [7, 11) is 1.42. The minimum atomic E-state index is -1.44. The van der Waals surface area contributed by atoms with Gasteiger partial charge in [0.15, 0.2) is 12.6 Å². The van der Waals surface area contributed by atoms with Crippen molar-refractivity contribution in [3.05, 3.63) is 23.8 Å². The van der Waals surface area contributed by atoms with Gasteiger partial charge in [0, 0.05) is 19.4 Å². The number of rotatable bonds is 11. The summed E-state index contributed by atoms with van der Waals surface area (Å²) in [5.41, 5.74) is -1.89. The van der Waals surface area contributed by atoms with E-state index >= 15 is 0 Å². The highest BCUT2D eigenvalue weighted by molar-refractivity contribution is 5.33. The first-order chi connectivity index (χ1) is 25.8. The fourth-order valence-electron chi connectivity index (χ4n) is 12.1. The lowest BCUT2D eigenvalue weighted by Crippen LogP contribution is -2.66. The molecule has 316 valence electrons. The lowest BCUT2D eigenvalue weighted by molar-refractivity contribution is -0.285. The molecule has 3 saturated carbocycles. The third kappa shape index (κ3) is 7.65. The molecular formula is C41H68O14. The van der Waals surface area contributed by atoms with Gasteiger partial charge < -0.3 is 69.6 Å². The van der Waals surface area contributed by atoms with Gasteiger partial charge in [0.1, 0.15) is 36.6 Å². The summed E-state index contributed by atoms with van der Waals surface area (Å²) in [5.74, 6) is -1.23. The largest absolute Gasteiger partial charge is 0.390 e. The molecule has 2 heterocycles. The first kappa shape index (κ1) is 43.5. The number of fused-ring (bicyclic) bond motifs is 5. The van der Waals surface area contributed by atoms with Crippen LogP contribution in [0.15, 0.2) is 23.8 Å². The molecule has 0 bridgehead atoms. The first-order valence-electron chi connectivity index (χ1n) is 20.4. The molecule has 0 radical (unpaired) electrons. The van der Waals surface area contributed by atoms with Crippen molar-refractivity contribution in [1.29, 1.82) is 0 Å². The van der Waals surface area contributed by atoms with E-state index < -0.39 is 96.0 Å². The van der Waals surface area contributed by atoms with Crippen LogP contribution in [0.3, 0.4) is 0 Å². The Morgan fingerprint density at radius 1 is 0.818 bits per heavy atom. The summed E-state index contributed by atoms with van der Waals surface area (Å²) in [4.78, 5) is 0. The van der Waals surface area contributed by atoms with Crippen LogP contribution in [0.2, 0.25) is 0 Å². The van der Waals surface area contributed by atoms with Gasteiger partial charge in [-0.15, -0.1) is 0 Å². The molecule has 14 heteroatoms. The van der Waals surface area contributed by atoms with E-state index in [1.807, 2.05) is 19.9 Å². The highest BCUT2D eigenvalue weighted by atomic mass is 16.7. The van der Waals surface area contributed by atoms with E-state index in [0.717, 1.165) is 5.57 Å². The standard InChI is InChI=1S/C41H68O14/c1-19(2)23(21(4)16-52-37-34(49)30(45)26(43)17-53-37)9-8-20(3)29-32(47)33(48)36-40(29,6)13-11-28-39(5)12-10-22(14-24(39)25(42)15-41(28,36)50)55-38-35(51-7)31(46)27(44)18-54-38/h8-9,14,19-23,25-38,42-50H,10-13,15-18H2,1-7H3/b9-8+/t20-,21-,22+,23+,25-,26-,27-,28?,29+,30+,31+,32-,33+,34-,35-,36?,37-,38+,39+,40-,41+/m1/s1. The smallest absolute Gasteiger partial charge is 0.187 e. The summed E-state index contributed by atoms with van der Waals surface area (Å²) in [6, 6.07) is 0. The van der Waals surface area contributed by atoms with Crippen LogP contribution >= 0.6 is 0 Å². The minimum absolute atomic E-state index is 0.00915. The van der Waals surface area contributed by atoms with E-state index in [0.29, 0.717) is 25.7 Å². The topological polar surface area (TPSA) is 228 Å². The van der Waals surface area contributed by atoms with Crippen LogP contribution in [0.4, 0.5) is 0 Å². The fraction of sp³-hybridized carbons (Fsp3) is 0.902. The minimum Gasteiger partial charge on any atom is -0.390 e. The van der Waals surface area contributed by atoms with Crippen molar-refractivity contribution >= 4 is 0 Å². The Bertz CT molecular complexity index is 1380. The van der Waals surface area contributed by atoms with Crippen molar-refractivity contribution in [2.75, 3.05) is 26.9 Å². The molecule has 6 aliphatic rings.